The van der Waals surface area contributed by atoms with Gasteiger partial charge in [0.1, 0.15) is 0 Å². The van der Waals surface area contributed by atoms with Crippen molar-refractivity contribution in [2.75, 3.05) is 5.73 Å². The van der Waals surface area contributed by atoms with E-state index in [0.29, 0.717) is 0 Å². The highest BCUT2D eigenvalue weighted by Gasteiger charge is 2.01. The molecule has 3 N–H and O–H groups in total. The van der Waals surface area contributed by atoms with Crippen LogP contribution >= 0.6 is 0 Å². The number of hydrogen-bond acceptors (Lipinski definition) is 2. The standard InChI is InChI=1S/C10H14N2/c1-3-8-4-7(2)10(12)9(5-8)6-11/h4-6,11H,3,12H2,1-2H3. The van der Waals surface area contributed by atoms with Crippen LogP contribution in [0.3, 0.4) is 0 Å². The predicted molar refractivity (Wildman–Crippen MR) is 52.9 cm³/mol. The van der Waals surface area contributed by atoms with Crippen molar-refractivity contribution < 1.29 is 0 Å². The quantitative estimate of drug-likeness (QED) is 0.508. The van der Waals surface area contributed by atoms with Gasteiger partial charge in [0.2, 0.25) is 0 Å². The van der Waals surface area contributed by atoms with Gasteiger partial charge < -0.3 is 11.1 Å². The topological polar surface area (TPSA) is 49.9 Å². The van der Waals surface area contributed by atoms with E-state index in [0.717, 1.165) is 23.2 Å². The molecule has 0 atom stereocenters. The number of benzene rings is 1. The molecule has 12 heavy (non-hydrogen) atoms. The summed E-state index contributed by atoms with van der Waals surface area (Å²) in [4.78, 5) is 0. The molecule has 0 bridgehead atoms. The molecule has 0 heterocycles. The highest BCUT2D eigenvalue weighted by molar-refractivity contribution is 5.86. The normalized spacial score (nSPS) is 9.83. The highest BCUT2D eigenvalue weighted by Crippen LogP contribution is 2.18. The van der Waals surface area contributed by atoms with Gasteiger partial charge in [0, 0.05) is 17.5 Å². The van der Waals surface area contributed by atoms with Crippen LogP contribution in [0.15, 0.2) is 12.1 Å². The summed E-state index contributed by atoms with van der Waals surface area (Å²) in [5.74, 6) is 0. The lowest BCUT2D eigenvalue weighted by atomic mass is 10.0. The maximum absolute atomic E-state index is 7.15. The molecule has 0 amide bonds. The van der Waals surface area contributed by atoms with Crippen LogP contribution in [-0.2, 0) is 6.42 Å². The Bertz CT molecular complexity index is 303. The highest BCUT2D eigenvalue weighted by atomic mass is 14.6. The molecule has 2 nitrogen and oxygen atoms in total. The molecule has 0 aromatic heterocycles. The average molecular weight is 162 g/mol. The van der Waals surface area contributed by atoms with Gasteiger partial charge in [-0.1, -0.05) is 13.0 Å². The Labute approximate surface area is 72.9 Å². The third-order valence-electron chi connectivity index (χ3n) is 2.04. The zero-order chi connectivity index (χ0) is 9.14. The number of hydrogen-bond donors (Lipinski definition) is 2. The summed E-state index contributed by atoms with van der Waals surface area (Å²) >= 11 is 0. The van der Waals surface area contributed by atoms with Crippen LogP contribution in [0.25, 0.3) is 0 Å². The summed E-state index contributed by atoms with van der Waals surface area (Å²) in [5.41, 5.74) is 9.61. The van der Waals surface area contributed by atoms with Crippen LogP contribution in [0.2, 0.25) is 0 Å². The zero-order valence-electron chi connectivity index (χ0n) is 7.52. The maximum atomic E-state index is 7.15. The summed E-state index contributed by atoms with van der Waals surface area (Å²) in [7, 11) is 0. The molecular weight excluding hydrogens is 148 g/mol. The van der Waals surface area contributed by atoms with Crippen LogP contribution < -0.4 is 5.73 Å². The molecule has 2 heteroatoms. The maximum Gasteiger partial charge on any atom is 0.0432 e. The number of anilines is 1. The second kappa shape index (κ2) is 3.39. The number of nitrogens with two attached hydrogens (primary N) is 1. The summed E-state index contributed by atoms with van der Waals surface area (Å²) in [5, 5.41) is 7.15. The Kier molecular flexibility index (Phi) is 2.48. The first-order valence-corrected chi connectivity index (χ1v) is 4.08. The van der Waals surface area contributed by atoms with Gasteiger partial charge in [0.25, 0.3) is 0 Å². The minimum atomic E-state index is 0.724. The van der Waals surface area contributed by atoms with Crippen LogP contribution in [0.4, 0.5) is 5.69 Å². The van der Waals surface area contributed by atoms with Crippen LogP contribution in [0, 0.1) is 12.3 Å². The van der Waals surface area contributed by atoms with E-state index in [4.69, 9.17) is 11.1 Å². The Balaban J connectivity index is 3.28. The van der Waals surface area contributed by atoms with Crippen molar-refractivity contribution in [1.82, 2.24) is 0 Å². The largest absolute Gasteiger partial charge is 0.398 e. The van der Waals surface area contributed by atoms with E-state index >= 15 is 0 Å². The van der Waals surface area contributed by atoms with Gasteiger partial charge in [0.05, 0.1) is 0 Å². The lowest BCUT2D eigenvalue weighted by Gasteiger charge is -2.06. The van der Waals surface area contributed by atoms with Crippen molar-refractivity contribution >= 4 is 11.9 Å². The number of aryl methyl sites for hydroxylation is 2. The molecule has 0 fully saturated rings. The Hall–Kier alpha value is -1.31. The average Bonchev–Trinajstić information content (AvgIpc) is 2.09. The fourth-order valence-corrected chi connectivity index (χ4v) is 1.23. The summed E-state index contributed by atoms with van der Waals surface area (Å²) in [6.07, 6.45) is 2.30. The molecule has 0 aliphatic rings. The molecule has 0 saturated carbocycles. The van der Waals surface area contributed by atoms with Crippen molar-refractivity contribution in [3.63, 3.8) is 0 Å². The Morgan fingerprint density at radius 3 is 2.67 bits per heavy atom. The number of rotatable bonds is 2. The van der Waals surface area contributed by atoms with E-state index in [1.165, 1.54) is 11.8 Å². The lowest BCUT2D eigenvalue weighted by Crippen LogP contribution is -1.98. The van der Waals surface area contributed by atoms with Gasteiger partial charge in [-0.3, -0.25) is 0 Å². The molecule has 1 aromatic carbocycles. The molecular formula is C10H14N2. The molecule has 0 spiro atoms. The van der Waals surface area contributed by atoms with E-state index < -0.39 is 0 Å². The lowest BCUT2D eigenvalue weighted by molar-refractivity contribution is 1.13. The summed E-state index contributed by atoms with van der Waals surface area (Å²) in [6, 6.07) is 4.04. The van der Waals surface area contributed by atoms with Crippen molar-refractivity contribution in [3.05, 3.63) is 28.8 Å². The van der Waals surface area contributed by atoms with E-state index in [1.807, 2.05) is 13.0 Å². The van der Waals surface area contributed by atoms with E-state index in [9.17, 15) is 0 Å². The molecule has 0 unspecified atom stereocenters. The fourth-order valence-electron chi connectivity index (χ4n) is 1.23. The van der Waals surface area contributed by atoms with Crippen LogP contribution in [0.1, 0.15) is 23.6 Å². The number of nitrogens with one attached hydrogen (secondary N) is 1. The second-order valence-electron chi connectivity index (χ2n) is 2.91. The van der Waals surface area contributed by atoms with Crippen molar-refractivity contribution in [2.45, 2.75) is 20.3 Å². The fraction of sp³-hybridized carbons (Fsp3) is 0.300. The van der Waals surface area contributed by atoms with E-state index in [2.05, 4.69) is 13.0 Å². The van der Waals surface area contributed by atoms with Crippen molar-refractivity contribution in [1.29, 1.82) is 5.41 Å². The summed E-state index contributed by atoms with van der Waals surface area (Å²) < 4.78 is 0. The molecule has 1 aromatic rings. The Morgan fingerprint density at radius 2 is 2.17 bits per heavy atom. The molecule has 0 radical (unpaired) electrons. The van der Waals surface area contributed by atoms with E-state index in [1.54, 1.807) is 0 Å². The third kappa shape index (κ3) is 1.47. The van der Waals surface area contributed by atoms with Gasteiger partial charge in [-0.05, 0) is 30.5 Å². The number of nitrogen functional groups attached to an aromatic ring is 1. The Morgan fingerprint density at radius 1 is 1.50 bits per heavy atom. The van der Waals surface area contributed by atoms with Crippen LogP contribution in [0.5, 0.6) is 0 Å². The third-order valence-corrected chi connectivity index (χ3v) is 2.04. The SMILES string of the molecule is CCc1cc(C)c(N)c(C=N)c1. The molecule has 64 valence electrons. The molecule has 0 aliphatic heterocycles. The molecule has 1 rings (SSSR count). The van der Waals surface area contributed by atoms with E-state index in [-0.39, 0.29) is 0 Å². The summed E-state index contributed by atoms with van der Waals surface area (Å²) in [6.45, 7) is 4.07. The first kappa shape index (κ1) is 8.78. The van der Waals surface area contributed by atoms with Crippen LogP contribution in [-0.4, -0.2) is 6.21 Å². The molecule has 0 saturated heterocycles. The van der Waals surface area contributed by atoms with Gasteiger partial charge in [0.15, 0.2) is 0 Å². The van der Waals surface area contributed by atoms with Gasteiger partial charge in [-0.25, -0.2) is 0 Å². The van der Waals surface area contributed by atoms with Gasteiger partial charge in [-0.2, -0.15) is 0 Å². The van der Waals surface area contributed by atoms with Gasteiger partial charge >= 0.3 is 0 Å². The monoisotopic (exact) mass is 162 g/mol. The van der Waals surface area contributed by atoms with Gasteiger partial charge in [-0.15, -0.1) is 0 Å². The molecule has 0 aliphatic carbocycles. The predicted octanol–water partition coefficient (Wildman–Crippen LogP) is 2.14. The first-order valence-electron chi connectivity index (χ1n) is 4.08. The second-order valence-corrected chi connectivity index (χ2v) is 2.91. The first-order chi connectivity index (χ1) is 5.69. The minimum absolute atomic E-state index is 0.724. The minimum Gasteiger partial charge on any atom is -0.398 e. The van der Waals surface area contributed by atoms with Crippen molar-refractivity contribution in [3.8, 4) is 0 Å². The van der Waals surface area contributed by atoms with Crippen molar-refractivity contribution in [2.24, 2.45) is 0 Å². The smallest absolute Gasteiger partial charge is 0.0432 e. The zero-order valence-corrected chi connectivity index (χ0v) is 7.52.